The average molecular weight is 360 g/mol. The highest BCUT2D eigenvalue weighted by atomic mass is 16.6. The minimum absolute atomic E-state index is 0.0470. The van der Waals surface area contributed by atoms with Gasteiger partial charge in [-0.25, -0.2) is 4.79 Å². The second-order valence-corrected chi connectivity index (χ2v) is 9.05. The van der Waals surface area contributed by atoms with Crippen molar-refractivity contribution < 1.29 is 18.8 Å². The summed E-state index contributed by atoms with van der Waals surface area (Å²) in [6, 6.07) is 4.03. The highest BCUT2D eigenvalue weighted by Crippen LogP contribution is 2.28. The maximum Gasteiger partial charge on any atom is 0.513 e. The fraction of sp³-hybridized carbons (Fsp3) is 0.684. The standard InChI is InChI=1S/C19H29BN2O4/c1-18(2,3)26-17(23)22-9-8-15(11-22)14-6-7-16(21-10-14)20-24-12-19(4,5)13-25-20/h6-7,10,15H,8-9,11-13H2,1-5H3. The van der Waals surface area contributed by atoms with Crippen molar-refractivity contribution in [1.82, 2.24) is 9.88 Å². The molecule has 0 aromatic carbocycles. The molecule has 3 heterocycles. The van der Waals surface area contributed by atoms with Gasteiger partial charge in [-0.1, -0.05) is 19.9 Å². The van der Waals surface area contributed by atoms with Crippen molar-refractivity contribution in [3.05, 3.63) is 23.9 Å². The van der Waals surface area contributed by atoms with Crippen LogP contribution in [-0.2, 0) is 14.0 Å². The highest BCUT2D eigenvalue weighted by Gasteiger charge is 2.35. The van der Waals surface area contributed by atoms with Gasteiger partial charge in [0.2, 0.25) is 0 Å². The summed E-state index contributed by atoms with van der Waals surface area (Å²) >= 11 is 0. The number of carbonyl (C=O) groups excluding carboxylic acids is 1. The van der Waals surface area contributed by atoms with Gasteiger partial charge in [0.05, 0.1) is 5.59 Å². The van der Waals surface area contributed by atoms with Gasteiger partial charge in [-0.05, 0) is 38.8 Å². The van der Waals surface area contributed by atoms with Crippen LogP contribution in [0.25, 0.3) is 0 Å². The summed E-state index contributed by atoms with van der Waals surface area (Å²) in [5.74, 6) is 0.288. The summed E-state index contributed by atoms with van der Waals surface area (Å²) in [5.41, 5.74) is 1.51. The third kappa shape index (κ3) is 4.77. The fourth-order valence-corrected chi connectivity index (χ4v) is 3.19. The lowest BCUT2D eigenvalue weighted by Crippen LogP contribution is -2.48. The predicted molar refractivity (Wildman–Crippen MR) is 100 cm³/mol. The molecule has 1 aromatic rings. The number of pyridine rings is 1. The fourth-order valence-electron chi connectivity index (χ4n) is 3.19. The molecule has 1 unspecified atom stereocenters. The van der Waals surface area contributed by atoms with Crippen molar-refractivity contribution in [3.8, 4) is 0 Å². The molecule has 2 fully saturated rings. The third-order valence-corrected chi connectivity index (χ3v) is 4.61. The molecule has 6 nitrogen and oxygen atoms in total. The van der Waals surface area contributed by atoms with Crippen LogP contribution in [0.1, 0.15) is 52.5 Å². The largest absolute Gasteiger partial charge is 0.513 e. The van der Waals surface area contributed by atoms with E-state index in [0.29, 0.717) is 26.3 Å². The number of carbonyl (C=O) groups is 1. The van der Waals surface area contributed by atoms with Crippen LogP contribution in [0, 0.1) is 5.41 Å². The van der Waals surface area contributed by atoms with E-state index in [1.807, 2.05) is 33.0 Å². The van der Waals surface area contributed by atoms with E-state index in [0.717, 1.165) is 17.6 Å². The molecule has 3 rings (SSSR count). The minimum Gasteiger partial charge on any atom is -0.444 e. The number of hydrogen-bond donors (Lipinski definition) is 0. The van der Waals surface area contributed by atoms with Crippen LogP contribution >= 0.6 is 0 Å². The summed E-state index contributed by atoms with van der Waals surface area (Å²) in [6.45, 7) is 12.6. The number of rotatable bonds is 2. The first kappa shape index (κ1) is 19.2. The van der Waals surface area contributed by atoms with E-state index in [4.69, 9.17) is 14.0 Å². The molecule has 0 N–H and O–H groups in total. The van der Waals surface area contributed by atoms with Crippen LogP contribution in [0.4, 0.5) is 4.79 Å². The van der Waals surface area contributed by atoms with E-state index in [-0.39, 0.29) is 24.5 Å². The molecule has 0 radical (unpaired) electrons. The molecule has 142 valence electrons. The molecular weight excluding hydrogens is 331 g/mol. The van der Waals surface area contributed by atoms with Crippen LogP contribution in [0.15, 0.2) is 18.3 Å². The molecule has 7 heteroatoms. The Morgan fingerprint density at radius 1 is 1.31 bits per heavy atom. The van der Waals surface area contributed by atoms with Crippen molar-refractivity contribution in [3.63, 3.8) is 0 Å². The lowest BCUT2D eigenvalue weighted by molar-refractivity contribution is 0.0292. The molecule has 2 saturated heterocycles. The van der Waals surface area contributed by atoms with Crippen molar-refractivity contribution in [2.75, 3.05) is 26.3 Å². The van der Waals surface area contributed by atoms with E-state index in [2.05, 4.69) is 24.9 Å². The number of hydrogen-bond acceptors (Lipinski definition) is 5. The topological polar surface area (TPSA) is 60.9 Å². The first-order chi connectivity index (χ1) is 12.1. The summed E-state index contributed by atoms with van der Waals surface area (Å²) < 4.78 is 17.0. The summed E-state index contributed by atoms with van der Waals surface area (Å²) in [4.78, 5) is 18.5. The van der Waals surface area contributed by atoms with Crippen LogP contribution in [0.2, 0.25) is 0 Å². The Kier molecular flexibility index (Phi) is 5.31. The van der Waals surface area contributed by atoms with Crippen molar-refractivity contribution >= 4 is 18.8 Å². The van der Waals surface area contributed by atoms with Crippen LogP contribution < -0.4 is 5.59 Å². The predicted octanol–water partition coefficient (Wildman–Crippen LogP) is 2.57. The molecule has 1 aromatic heterocycles. The molecule has 0 aliphatic carbocycles. The Balaban J connectivity index is 1.57. The normalized spacial score (nSPS) is 23.2. The summed E-state index contributed by atoms with van der Waals surface area (Å²) in [6.07, 6.45) is 2.56. The van der Waals surface area contributed by atoms with Gasteiger partial charge >= 0.3 is 13.2 Å². The van der Waals surface area contributed by atoms with Crippen LogP contribution in [0.3, 0.4) is 0 Å². The molecule has 1 atom stereocenters. The second kappa shape index (κ2) is 7.20. The number of amides is 1. The van der Waals surface area contributed by atoms with E-state index >= 15 is 0 Å². The number of likely N-dealkylation sites (tertiary alicyclic amines) is 1. The van der Waals surface area contributed by atoms with Gasteiger partial charge in [0.25, 0.3) is 0 Å². The average Bonchev–Trinajstić information content (AvgIpc) is 3.04. The second-order valence-electron chi connectivity index (χ2n) is 9.05. The third-order valence-electron chi connectivity index (χ3n) is 4.61. The Morgan fingerprint density at radius 3 is 2.58 bits per heavy atom. The Hall–Kier alpha value is -1.60. The van der Waals surface area contributed by atoms with Gasteiger partial charge in [0.15, 0.2) is 0 Å². The smallest absolute Gasteiger partial charge is 0.444 e. The van der Waals surface area contributed by atoms with E-state index < -0.39 is 5.60 Å². The van der Waals surface area contributed by atoms with E-state index in [1.165, 1.54) is 0 Å². The molecule has 26 heavy (non-hydrogen) atoms. The summed E-state index contributed by atoms with van der Waals surface area (Å²) in [7, 11) is -0.390. The van der Waals surface area contributed by atoms with Gasteiger partial charge < -0.3 is 18.9 Å². The maximum atomic E-state index is 12.2. The zero-order valence-electron chi connectivity index (χ0n) is 16.4. The number of ether oxygens (including phenoxy) is 1. The van der Waals surface area contributed by atoms with Crippen molar-refractivity contribution in [2.45, 2.75) is 52.6 Å². The van der Waals surface area contributed by atoms with Gasteiger partial charge in [0.1, 0.15) is 5.60 Å². The van der Waals surface area contributed by atoms with Crippen LogP contribution in [0.5, 0.6) is 0 Å². The van der Waals surface area contributed by atoms with Crippen LogP contribution in [-0.4, -0.2) is 55.0 Å². The Bertz CT molecular complexity index is 632. The Morgan fingerprint density at radius 2 is 2.00 bits per heavy atom. The maximum absolute atomic E-state index is 12.2. The molecule has 0 spiro atoms. The van der Waals surface area contributed by atoms with Gasteiger partial charge in [-0.2, -0.15) is 0 Å². The molecular formula is C19H29BN2O4. The van der Waals surface area contributed by atoms with Gasteiger partial charge in [-0.15, -0.1) is 0 Å². The van der Waals surface area contributed by atoms with Crippen molar-refractivity contribution in [1.29, 1.82) is 0 Å². The molecule has 0 bridgehead atoms. The quantitative estimate of drug-likeness (QED) is 0.759. The SMILES string of the molecule is CC1(C)COB(c2ccc(C3CCN(C(=O)OC(C)(C)C)C3)cn2)OC1. The van der Waals surface area contributed by atoms with Gasteiger partial charge in [0, 0.05) is 43.8 Å². The minimum atomic E-state index is -0.465. The zero-order valence-corrected chi connectivity index (χ0v) is 16.4. The zero-order chi connectivity index (χ0) is 18.9. The summed E-state index contributed by atoms with van der Waals surface area (Å²) in [5, 5.41) is 0. The van der Waals surface area contributed by atoms with Crippen molar-refractivity contribution in [2.24, 2.45) is 5.41 Å². The molecule has 2 aliphatic rings. The number of aromatic nitrogens is 1. The first-order valence-electron chi connectivity index (χ1n) is 9.30. The van der Waals surface area contributed by atoms with E-state index in [9.17, 15) is 4.79 Å². The lowest BCUT2D eigenvalue weighted by atomic mass is 9.79. The monoisotopic (exact) mass is 360 g/mol. The number of nitrogens with zero attached hydrogens (tertiary/aromatic N) is 2. The van der Waals surface area contributed by atoms with Gasteiger partial charge in [-0.3, -0.25) is 4.98 Å². The van der Waals surface area contributed by atoms with E-state index in [1.54, 1.807) is 4.90 Å². The Labute approximate surface area is 156 Å². The first-order valence-corrected chi connectivity index (χ1v) is 9.30. The lowest BCUT2D eigenvalue weighted by Gasteiger charge is -2.32. The molecule has 2 aliphatic heterocycles. The molecule has 1 amide bonds. The molecule has 0 saturated carbocycles. The highest BCUT2D eigenvalue weighted by molar-refractivity contribution is 6.60.